The molecular weight excluding hydrogens is 322 g/mol. The molecule has 1 amide bonds. The van der Waals surface area contributed by atoms with Gasteiger partial charge in [0.1, 0.15) is 0 Å². The normalized spacial score (nSPS) is 15.9. The first-order valence-electron chi connectivity index (χ1n) is 8.69. The summed E-state index contributed by atoms with van der Waals surface area (Å²) >= 11 is 0. The minimum atomic E-state index is -0.484. The van der Waals surface area contributed by atoms with E-state index in [0.717, 1.165) is 31.6 Å². The van der Waals surface area contributed by atoms with E-state index in [1.54, 1.807) is 13.0 Å². The number of aliphatic hydroxyl groups excluding tert-OH is 1. The van der Waals surface area contributed by atoms with Gasteiger partial charge in [-0.1, -0.05) is 13.8 Å². The quantitative estimate of drug-likeness (QED) is 0.583. The summed E-state index contributed by atoms with van der Waals surface area (Å²) in [7, 11) is 0. The molecule has 25 heavy (non-hydrogen) atoms. The molecule has 2 rings (SSSR count). The molecule has 1 unspecified atom stereocenters. The Morgan fingerprint density at radius 2 is 2.04 bits per heavy atom. The summed E-state index contributed by atoms with van der Waals surface area (Å²) in [6.07, 6.45) is 2.21. The van der Waals surface area contributed by atoms with Crippen LogP contribution in [0.5, 0.6) is 0 Å². The number of anilines is 1. The standard InChI is InChI=1S/C18H27N3O4/c1-13(22)11-18(2,3)12-19-17(23)15-10-14(21(24)25)6-7-16(15)20-8-4-5-9-20/h6-7,10,13,22H,4-5,8-9,11-12H2,1-3H3,(H,19,23). The van der Waals surface area contributed by atoms with Crippen molar-refractivity contribution < 1.29 is 14.8 Å². The van der Waals surface area contributed by atoms with Gasteiger partial charge in [-0.05, 0) is 37.7 Å². The molecule has 0 radical (unpaired) electrons. The number of carbonyl (C=O) groups is 1. The van der Waals surface area contributed by atoms with Crippen LogP contribution < -0.4 is 10.2 Å². The lowest BCUT2D eigenvalue weighted by Gasteiger charge is -2.27. The van der Waals surface area contributed by atoms with Crippen molar-refractivity contribution in [1.82, 2.24) is 5.32 Å². The van der Waals surface area contributed by atoms with Crippen molar-refractivity contribution in [3.63, 3.8) is 0 Å². The summed E-state index contributed by atoms with van der Waals surface area (Å²) in [5.74, 6) is -0.315. The fourth-order valence-corrected chi connectivity index (χ4v) is 3.34. The van der Waals surface area contributed by atoms with Gasteiger partial charge < -0.3 is 15.3 Å². The van der Waals surface area contributed by atoms with Crippen LogP contribution in [0, 0.1) is 15.5 Å². The van der Waals surface area contributed by atoms with Gasteiger partial charge in [0.15, 0.2) is 0 Å². The van der Waals surface area contributed by atoms with E-state index in [2.05, 4.69) is 10.2 Å². The van der Waals surface area contributed by atoms with Crippen molar-refractivity contribution in [1.29, 1.82) is 0 Å². The van der Waals surface area contributed by atoms with Crippen LogP contribution in [0.3, 0.4) is 0 Å². The maximum absolute atomic E-state index is 12.7. The van der Waals surface area contributed by atoms with Crippen molar-refractivity contribution >= 4 is 17.3 Å². The lowest BCUT2D eigenvalue weighted by molar-refractivity contribution is -0.384. The molecular formula is C18H27N3O4. The Morgan fingerprint density at radius 3 is 2.60 bits per heavy atom. The predicted octanol–water partition coefficient (Wildman–Crippen LogP) is 2.72. The zero-order chi connectivity index (χ0) is 18.6. The molecule has 1 aliphatic rings. The Hall–Kier alpha value is -2.15. The lowest BCUT2D eigenvalue weighted by Crippen LogP contribution is -2.36. The van der Waals surface area contributed by atoms with Crippen LogP contribution in [0.25, 0.3) is 0 Å². The first kappa shape index (κ1) is 19.2. The molecule has 2 N–H and O–H groups in total. The molecule has 138 valence electrons. The third kappa shape index (κ3) is 5.16. The van der Waals surface area contributed by atoms with Gasteiger partial charge in [-0.3, -0.25) is 14.9 Å². The van der Waals surface area contributed by atoms with Crippen LogP contribution in [0.4, 0.5) is 11.4 Å². The van der Waals surface area contributed by atoms with Gasteiger partial charge in [0.25, 0.3) is 11.6 Å². The molecule has 1 atom stereocenters. The number of nitro groups is 1. The lowest BCUT2D eigenvalue weighted by atomic mass is 9.87. The number of hydrogen-bond donors (Lipinski definition) is 2. The highest BCUT2D eigenvalue weighted by molar-refractivity contribution is 6.00. The van der Waals surface area contributed by atoms with Crippen LogP contribution in [-0.4, -0.2) is 41.7 Å². The minimum Gasteiger partial charge on any atom is -0.393 e. The summed E-state index contributed by atoms with van der Waals surface area (Å²) in [6.45, 7) is 7.75. The largest absolute Gasteiger partial charge is 0.393 e. The van der Waals surface area contributed by atoms with E-state index in [9.17, 15) is 20.0 Å². The Bertz CT molecular complexity index is 637. The third-order valence-electron chi connectivity index (χ3n) is 4.46. The van der Waals surface area contributed by atoms with Crippen molar-refractivity contribution in [2.24, 2.45) is 5.41 Å². The van der Waals surface area contributed by atoms with E-state index in [1.807, 2.05) is 13.8 Å². The number of nitrogens with zero attached hydrogens (tertiary/aromatic N) is 2. The molecule has 0 spiro atoms. The highest BCUT2D eigenvalue weighted by Gasteiger charge is 2.25. The number of carbonyl (C=O) groups excluding carboxylic acids is 1. The van der Waals surface area contributed by atoms with Crippen LogP contribution in [0.1, 0.15) is 50.4 Å². The molecule has 0 aliphatic carbocycles. The molecule has 0 aromatic heterocycles. The molecule has 1 fully saturated rings. The SMILES string of the molecule is CC(O)CC(C)(C)CNC(=O)c1cc([N+](=O)[O-])ccc1N1CCCC1. The van der Waals surface area contributed by atoms with E-state index in [4.69, 9.17) is 0 Å². The zero-order valence-corrected chi connectivity index (χ0v) is 15.1. The molecule has 7 heteroatoms. The Kier molecular flexibility index (Phi) is 6.00. The highest BCUT2D eigenvalue weighted by atomic mass is 16.6. The Morgan fingerprint density at radius 1 is 1.40 bits per heavy atom. The van der Waals surface area contributed by atoms with Crippen LogP contribution in [0.2, 0.25) is 0 Å². The number of hydrogen-bond acceptors (Lipinski definition) is 5. The highest BCUT2D eigenvalue weighted by Crippen LogP contribution is 2.29. The van der Waals surface area contributed by atoms with Gasteiger partial charge >= 0.3 is 0 Å². The second kappa shape index (κ2) is 7.82. The van der Waals surface area contributed by atoms with Gasteiger partial charge in [0.05, 0.1) is 22.3 Å². The Labute approximate surface area is 148 Å². The maximum Gasteiger partial charge on any atom is 0.270 e. The second-order valence-corrected chi connectivity index (χ2v) is 7.55. The van der Waals surface area contributed by atoms with E-state index in [0.29, 0.717) is 18.5 Å². The van der Waals surface area contributed by atoms with E-state index < -0.39 is 11.0 Å². The predicted molar refractivity (Wildman–Crippen MR) is 97.0 cm³/mol. The summed E-state index contributed by atoms with van der Waals surface area (Å²) in [6, 6.07) is 4.46. The van der Waals surface area contributed by atoms with Gasteiger partial charge in [-0.25, -0.2) is 0 Å². The van der Waals surface area contributed by atoms with Gasteiger partial charge in [0.2, 0.25) is 0 Å². The summed E-state index contributed by atoms with van der Waals surface area (Å²) in [5, 5.41) is 23.5. The van der Waals surface area contributed by atoms with Crippen LogP contribution >= 0.6 is 0 Å². The number of benzene rings is 1. The maximum atomic E-state index is 12.7. The first-order chi connectivity index (χ1) is 11.7. The number of nitrogens with one attached hydrogen (secondary N) is 1. The number of aliphatic hydroxyl groups is 1. The first-order valence-corrected chi connectivity index (χ1v) is 8.69. The molecule has 1 aromatic carbocycles. The van der Waals surface area contributed by atoms with Crippen molar-refractivity contribution in [3.05, 3.63) is 33.9 Å². The average molecular weight is 349 g/mol. The molecule has 1 heterocycles. The number of rotatable bonds is 7. The Balaban J connectivity index is 2.21. The molecule has 0 bridgehead atoms. The van der Waals surface area contributed by atoms with Gasteiger partial charge in [-0.15, -0.1) is 0 Å². The average Bonchev–Trinajstić information content (AvgIpc) is 3.05. The molecule has 1 aromatic rings. The summed E-state index contributed by atoms with van der Waals surface area (Å²) in [5.41, 5.74) is 0.729. The summed E-state index contributed by atoms with van der Waals surface area (Å²) in [4.78, 5) is 25.4. The van der Waals surface area contributed by atoms with Crippen LogP contribution in [0.15, 0.2) is 18.2 Å². The van der Waals surface area contributed by atoms with Crippen molar-refractivity contribution in [2.75, 3.05) is 24.5 Å². The van der Waals surface area contributed by atoms with E-state index in [1.165, 1.54) is 12.1 Å². The van der Waals surface area contributed by atoms with Crippen molar-refractivity contribution in [3.8, 4) is 0 Å². The smallest absolute Gasteiger partial charge is 0.270 e. The monoisotopic (exact) mass is 349 g/mol. The van der Waals surface area contributed by atoms with E-state index in [-0.39, 0.29) is 17.0 Å². The fourth-order valence-electron chi connectivity index (χ4n) is 3.34. The number of nitro benzene ring substituents is 1. The van der Waals surface area contributed by atoms with Gasteiger partial charge in [-0.2, -0.15) is 0 Å². The zero-order valence-electron chi connectivity index (χ0n) is 15.1. The second-order valence-electron chi connectivity index (χ2n) is 7.55. The fraction of sp³-hybridized carbons (Fsp3) is 0.611. The number of non-ortho nitro benzene ring substituents is 1. The number of amides is 1. The third-order valence-corrected chi connectivity index (χ3v) is 4.46. The van der Waals surface area contributed by atoms with E-state index >= 15 is 0 Å². The van der Waals surface area contributed by atoms with Crippen LogP contribution in [-0.2, 0) is 0 Å². The minimum absolute atomic E-state index is 0.0867. The molecule has 1 saturated heterocycles. The molecule has 7 nitrogen and oxygen atoms in total. The summed E-state index contributed by atoms with van der Waals surface area (Å²) < 4.78 is 0. The molecule has 1 aliphatic heterocycles. The van der Waals surface area contributed by atoms with Crippen molar-refractivity contribution in [2.45, 2.75) is 46.1 Å². The van der Waals surface area contributed by atoms with Gasteiger partial charge in [0, 0.05) is 31.8 Å². The topological polar surface area (TPSA) is 95.7 Å². The molecule has 0 saturated carbocycles.